The summed E-state index contributed by atoms with van der Waals surface area (Å²) in [5.74, 6) is -2.82. The Morgan fingerprint density at radius 2 is 1.78 bits per heavy atom. The minimum atomic E-state index is -4.77. The van der Waals surface area contributed by atoms with Gasteiger partial charge >= 0.3 is 12.4 Å². The van der Waals surface area contributed by atoms with E-state index in [2.05, 4.69) is 10.5 Å². The van der Waals surface area contributed by atoms with E-state index < -0.39 is 64.8 Å². The number of nitrogens with one attached hydrogen (secondary N) is 2. The van der Waals surface area contributed by atoms with Crippen LogP contribution in [0.25, 0.3) is 0 Å². The molecule has 0 radical (unpaired) electrons. The van der Waals surface area contributed by atoms with Gasteiger partial charge in [0.1, 0.15) is 12.4 Å². The third-order valence-electron chi connectivity index (χ3n) is 5.49. The predicted molar refractivity (Wildman–Crippen MR) is 119 cm³/mol. The van der Waals surface area contributed by atoms with Crippen LogP contribution < -0.4 is 10.6 Å². The van der Waals surface area contributed by atoms with Crippen LogP contribution in [0.4, 0.5) is 30.7 Å². The molecule has 1 heterocycles. The van der Waals surface area contributed by atoms with Gasteiger partial charge in [0.2, 0.25) is 5.91 Å². The summed E-state index contributed by atoms with van der Waals surface area (Å²) in [6, 6.07) is 5.43. The Labute approximate surface area is 210 Å². The monoisotopic (exact) mass is 553 g/mol. The highest BCUT2D eigenvalue weighted by Gasteiger charge is 2.42. The molecule has 37 heavy (non-hydrogen) atoms. The molecule has 0 spiro atoms. The van der Waals surface area contributed by atoms with Crippen molar-refractivity contribution in [3.05, 3.63) is 69.0 Å². The maximum atomic E-state index is 14.7. The number of carbonyl (C=O) groups is 2. The minimum absolute atomic E-state index is 0.116. The van der Waals surface area contributed by atoms with Crippen molar-refractivity contribution in [2.45, 2.75) is 38.2 Å². The molecule has 0 aromatic heterocycles. The molecule has 2 aromatic rings. The molecule has 0 aliphatic carbocycles. The summed E-state index contributed by atoms with van der Waals surface area (Å²) in [4.78, 5) is 29.2. The van der Waals surface area contributed by atoms with Crippen LogP contribution in [0, 0.1) is 12.7 Å². The number of aryl methyl sites for hydroxylation is 1. The van der Waals surface area contributed by atoms with Crippen molar-refractivity contribution in [3.8, 4) is 0 Å². The molecule has 2 N–H and O–H groups in total. The number of rotatable bonds is 6. The van der Waals surface area contributed by atoms with Crippen LogP contribution >= 0.6 is 11.6 Å². The third kappa shape index (κ3) is 6.70. The maximum Gasteiger partial charge on any atom is 0.416 e. The molecule has 200 valence electrons. The summed E-state index contributed by atoms with van der Waals surface area (Å²) in [5, 5.41) is 7.01. The molecular weight excluding hydrogens is 535 g/mol. The molecule has 1 unspecified atom stereocenters. The van der Waals surface area contributed by atoms with Crippen molar-refractivity contribution < 1.29 is 45.2 Å². The van der Waals surface area contributed by atoms with Crippen molar-refractivity contribution >= 4 is 29.1 Å². The summed E-state index contributed by atoms with van der Waals surface area (Å²) >= 11 is 5.69. The fourth-order valence-electron chi connectivity index (χ4n) is 3.59. The average Bonchev–Trinajstić information content (AvgIpc) is 3.19. The molecule has 0 fully saturated rings. The number of halogens is 8. The van der Waals surface area contributed by atoms with Crippen molar-refractivity contribution in [2.75, 3.05) is 13.1 Å². The number of hydrogen-bond donors (Lipinski definition) is 2. The number of amides is 2. The Bertz CT molecular complexity index is 1260. The average molecular weight is 554 g/mol. The van der Waals surface area contributed by atoms with E-state index >= 15 is 0 Å². The fourth-order valence-corrected chi connectivity index (χ4v) is 3.81. The molecule has 1 aliphatic rings. The number of nitrogens with zero attached hydrogens (tertiary/aromatic N) is 1. The highest BCUT2D eigenvalue weighted by atomic mass is 35.5. The molecule has 1 aliphatic heterocycles. The Balaban J connectivity index is 1.72. The molecule has 1 atom stereocenters. The highest BCUT2D eigenvalue weighted by molar-refractivity contribution is 6.30. The van der Waals surface area contributed by atoms with Gasteiger partial charge in [-0.05, 0) is 49.2 Å². The van der Waals surface area contributed by atoms with E-state index in [-0.39, 0.29) is 17.7 Å². The van der Waals surface area contributed by atoms with Gasteiger partial charge < -0.3 is 15.5 Å². The fraction of sp³-hybridized carbons (Fsp3) is 0.348. The van der Waals surface area contributed by atoms with Gasteiger partial charge in [0.25, 0.3) is 5.91 Å². The Morgan fingerprint density at radius 3 is 2.38 bits per heavy atom. The Kier molecular flexibility index (Phi) is 7.77. The van der Waals surface area contributed by atoms with Gasteiger partial charge in [-0.1, -0.05) is 22.8 Å². The van der Waals surface area contributed by atoms with Gasteiger partial charge in [-0.3, -0.25) is 9.59 Å². The summed E-state index contributed by atoms with van der Waals surface area (Å²) in [7, 11) is 0. The van der Waals surface area contributed by atoms with Crippen molar-refractivity contribution in [1.82, 2.24) is 10.6 Å². The molecule has 0 saturated heterocycles. The normalized spacial score (nSPS) is 17.7. The van der Waals surface area contributed by atoms with Gasteiger partial charge in [-0.2, -0.15) is 26.3 Å². The van der Waals surface area contributed by atoms with Gasteiger partial charge in [0.15, 0.2) is 5.60 Å². The zero-order valence-corrected chi connectivity index (χ0v) is 20.0. The van der Waals surface area contributed by atoms with E-state index in [1.54, 1.807) is 12.2 Å². The summed E-state index contributed by atoms with van der Waals surface area (Å²) in [6.07, 6.45) is -9.48. The predicted octanol–water partition coefficient (Wildman–Crippen LogP) is 5.25. The number of alkyl halides is 6. The van der Waals surface area contributed by atoms with Crippen LogP contribution in [0.5, 0.6) is 0 Å². The van der Waals surface area contributed by atoms with Crippen LogP contribution in [0.3, 0.4) is 0 Å². The quantitative estimate of drug-likeness (QED) is 0.479. The number of hydrogen-bond acceptors (Lipinski definition) is 4. The lowest BCUT2D eigenvalue weighted by molar-refractivity contribution is -0.137. The second kappa shape index (κ2) is 10.2. The van der Waals surface area contributed by atoms with Crippen molar-refractivity contribution in [2.24, 2.45) is 5.16 Å². The van der Waals surface area contributed by atoms with Crippen LogP contribution in [0.1, 0.15) is 46.0 Å². The molecule has 0 bridgehead atoms. The van der Waals surface area contributed by atoms with Crippen LogP contribution in [0.15, 0.2) is 35.5 Å². The minimum Gasteiger partial charge on any atom is -0.384 e. The molecule has 0 saturated carbocycles. The van der Waals surface area contributed by atoms with E-state index in [0.29, 0.717) is 23.3 Å². The zero-order valence-electron chi connectivity index (χ0n) is 19.2. The lowest BCUT2D eigenvalue weighted by Gasteiger charge is -2.24. The van der Waals surface area contributed by atoms with Crippen LogP contribution in [-0.2, 0) is 21.4 Å². The topological polar surface area (TPSA) is 79.8 Å². The molecule has 2 amide bonds. The second-order valence-electron chi connectivity index (χ2n) is 8.46. The smallest absolute Gasteiger partial charge is 0.384 e. The van der Waals surface area contributed by atoms with Gasteiger partial charge in [-0.25, -0.2) is 4.39 Å². The lowest BCUT2D eigenvalue weighted by Crippen LogP contribution is -2.41. The van der Waals surface area contributed by atoms with E-state index in [4.69, 9.17) is 16.4 Å². The summed E-state index contributed by atoms with van der Waals surface area (Å²) in [5.41, 5.74) is -1.97. The largest absolute Gasteiger partial charge is 0.416 e. The first-order valence-electron chi connectivity index (χ1n) is 10.5. The van der Waals surface area contributed by atoms with E-state index in [9.17, 15) is 40.3 Å². The number of carbonyl (C=O) groups excluding carboxylic acids is 2. The van der Waals surface area contributed by atoms with E-state index in [0.717, 1.165) is 0 Å². The molecule has 3 rings (SSSR count). The first-order chi connectivity index (χ1) is 17.0. The molecule has 6 nitrogen and oxygen atoms in total. The standard InChI is InChI=1S/C23H19ClF7N3O3/c1-11-5-12(3-4-14(11)20(36)32-9-18(35)33-10-22(26,27)28)17-8-21(2,37-34-17)15-6-13(23(29,30)31)7-16(24)19(15)25/h3-7H,8-10H2,1-2H3,(H,32,36)(H,33,35). The Morgan fingerprint density at radius 1 is 1.11 bits per heavy atom. The van der Waals surface area contributed by atoms with Crippen molar-refractivity contribution in [1.29, 1.82) is 0 Å². The first-order valence-corrected chi connectivity index (χ1v) is 10.9. The van der Waals surface area contributed by atoms with Gasteiger partial charge in [0.05, 0.1) is 22.8 Å². The molecule has 2 aromatic carbocycles. The highest BCUT2D eigenvalue weighted by Crippen LogP contribution is 2.42. The zero-order chi connectivity index (χ0) is 27.8. The summed E-state index contributed by atoms with van der Waals surface area (Å²) in [6.45, 7) is 0.691. The van der Waals surface area contributed by atoms with E-state index in [1.165, 1.54) is 25.1 Å². The molecule has 14 heteroatoms. The number of benzene rings is 2. The lowest BCUT2D eigenvalue weighted by atomic mass is 9.87. The van der Waals surface area contributed by atoms with Gasteiger partial charge in [-0.15, -0.1) is 0 Å². The van der Waals surface area contributed by atoms with E-state index in [1.807, 2.05) is 0 Å². The van der Waals surface area contributed by atoms with Crippen molar-refractivity contribution in [3.63, 3.8) is 0 Å². The third-order valence-corrected chi connectivity index (χ3v) is 5.76. The number of oxime groups is 1. The maximum absolute atomic E-state index is 14.7. The second-order valence-corrected chi connectivity index (χ2v) is 8.87. The SMILES string of the molecule is Cc1cc(C2=NOC(C)(c3cc(C(F)(F)F)cc(Cl)c3F)C2)ccc1C(=O)NCC(=O)NCC(F)(F)F. The first kappa shape index (κ1) is 28.2. The Hall–Kier alpha value is -3.35. The van der Waals surface area contributed by atoms with Gasteiger partial charge in [0, 0.05) is 17.5 Å². The summed E-state index contributed by atoms with van der Waals surface area (Å²) < 4.78 is 90.8. The molecular formula is C23H19ClF7N3O3. The van der Waals surface area contributed by atoms with Crippen LogP contribution in [-0.4, -0.2) is 36.8 Å². The van der Waals surface area contributed by atoms with Crippen LogP contribution in [0.2, 0.25) is 5.02 Å².